The van der Waals surface area contributed by atoms with Gasteiger partial charge in [-0.3, -0.25) is 4.79 Å². The maximum atomic E-state index is 12.8. The van der Waals surface area contributed by atoms with Crippen LogP contribution in [0.2, 0.25) is 5.15 Å². The summed E-state index contributed by atoms with van der Waals surface area (Å²) in [5.41, 5.74) is 7.20. The third-order valence-corrected chi connectivity index (χ3v) is 5.05. The first kappa shape index (κ1) is 26.3. The second-order valence-corrected chi connectivity index (χ2v) is 8.33. The van der Waals surface area contributed by atoms with Crippen LogP contribution in [0.3, 0.4) is 0 Å². The summed E-state index contributed by atoms with van der Waals surface area (Å²) in [6, 6.07) is 6.38. The number of halogens is 5. The second kappa shape index (κ2) is 10.5. The molecule has 1 amide bonds. The fourth-order valence-corrected chi connectivity index (χ4v) is 3.35. The molecule has 2 rings (SSSR count). The lowest BCUT2D eigenvalue weighted by atomic mass is 10.2. The number of nitrogens with one attached hydrogen (secondary N) is 1. The van der Waals surface area contributed by atoms with E-state index in [0.717, 1.165) is 0 Å². The average molecular weight is 530 g/mol. The SMILES string of the molecule is C[N+](C)(CCNC(=O)c1nc(Cl)c(N)nc1N)Cc1ccccc1SC(F)(F)F.[Br-]. The molecule has 1 aromatic heterocycles. The molecule has 5 N–H and O–H groups in total. The first-order valence-corrected chi connectivity index (χ1v) is 9.60. The van der Waals surface area contributed by atoms with E-state index in [1.54, 1.807) is 18.2 Å². The van der Waals surface area contributed by atoms with E-state index in [-0.39, 0.29) is 62.7 Å². The number of carbonyl (C=O) groups is 1. The number of alkyl halides is 3. The molecule has 0 saturated carbocycles. The number of carbonyl (C=O) groups excluding carboxylic acids is 1. The monoisotopic (exact) mass is 528 g/mol. The van der Waals surface area contributed by atoms with Crippen LogP contribution in [0.25, 0.3) is 0 Å². The van der Waals surface area contributed by atoms with Gasteiger partial charge in [0, 0.05) is 10.5 Å². The summed E-state index contributed by atoms with van der Waals surface area (Å²) < 4.78 is 38.6. The molecular weight excluding hydrogens is 509 g/mol. The fourth-order valence-electron chi connectivity index (χ4n) is 2.56. The van der Waals surface area contributed by atoms with Crippen molar-refractivity contribution >= 4 is 40.9 Å². The number of rotatable bonds is 7. The molecule has 2 aromatic rings. The Labute approximate surface area is 191 Å². The Hall–Kier alpha value is -1.76. The summed E-state index contributed by atoms with van der Waals surface area (Å²) in [5.74, 6) is -0.782. The van der Waals surface area contributed by atoms with Crippen molar-refractivity contribution in [3.63, 3.8) is 0 Å². The summed E-state index contributed by atoms with van der Waals surface area (Å²) in [6.07, 6.45) is 0. The highest BCUT2D eigenvalue weighted by atomic mass is 79.9. The molecule has 0 fully saturated rings. The number of anilines is 2. The summed E-state index contributed by atoms with van der Waals surface area (Å²) in [5, 5.41) is 2.53. The van der Waals surface area contributed by atoms with E-state index in [4.69, 9.17) is 23.1 Å². The molecule has 0 aliphatic heterocycles. The lowest BCUT2D eigenvalue weighted by Gasteiger charge is -2.30. The van der Waals surface area contributed by atoms with Crippen LogP contribution in [0.15, 0.2) is 29.2 Å². The fraction of sp³-hybridized carbons (Fsp3) is 0.353. The molecule has 0 aliphatic rings. The van der Waals surface area contributed by atoms with Gasteiger partial charge in [-0.1, -0.05) is 29.8 Å². The molecule has 0 radical (unpaired) electrons. The number of aromatic nitrogens is 2. The molecule has 166 valence electrons. The number of hydrogen-bond donors (Lipinski definition) is 3. The summed E-state index contributed by atoms with van der Waals surface area (Å²) in [4.78, 5) is 20.0. The maximum absolute atomic E-state index is 12.8. The highest BCUT2D eigenvalue weighted by Gasteiger charge is 2.31. The molecule has 0 unspecified atom stereocenters. The quantitative estimate of drug-likeness (QED) is 0.342. The number of hydrogen-bond acceptors (Lipinski definition) is 6. The van der Waals surface area contributed by atoms with Crippen LogP contribution >= 0.6 is 23.4 Å². The van der Waals surface area contributed by atoms with Crippen LogP contribution in [0.5, 0.6) is 0 Å². The van der Waals surface area contributed by atoms with Gasteiger partial charge < -0.3 is 38.2 Å². The van der Waals surface area contributed by atoms with Gasteiger partial charge in [0.15, 0.2) is 22.5 Å². The molecule has 7 nitrogen and oxygen atoms in total. The number of likely N-dealkylation sites (N-methyl/N-ethyl adjacent to an activating group) is 1. The van der Waals surface area contributed by atoms with E-state index in [2.05, 4.69) is 15.3 Å². The number of amides is 1. The lowest BCUT2D eigenvalue weighted by molar-refractivity contribution is -0.902. The third kappa shape index (κ3) is 7.82. The molecule has 30 heavy (non-hydrogen) atoms. The van der Waals surface area contributed by atoms with E-state index >= 15 is 0 Å². The van der Waals surface area contributed by atoms with Gasteiger partial charge in [0.25, 0.3) is 5.91 Å². The van der Waals surface area contributed by atoms with Crippen molar-refractivity contribution in [3.05, 3.63) is 40.7 Å². The second-order valence-electron chi connectivity index (χ2n) is 6.86. The molecule has 0 bridgehead atoms. The zero-order chi connectivity index (χ0) is 21.8. The Kier molecular flexibility index (Phi) is 9.21. The molecule has 0 spiro atoms. The molecule has 1 heterocycles. The van der Waals surface area contributed by atoms with Gasteiger partial charge in [-0.2, -0.15) is 13.2 Å². The van der Waals surface area contributed by atoms with Crippen LogP contribution in [0.1, 0.15) is 16.1 Å². The maximum Gasteiger partial charge on any atom is 0.446 e. The highest BCUT2D eigenvalue weighted by Crippen LogP contribution is 2.39. The number of benzene rings is 1. The van der Waals surface area contributed by atoms with Gasteiger partial charge in [0.05, 0.1) is 27.2 Å². The van der Waals surface area contributed by atoms with Crippen LogP contribution in [0.4, 0.5) is 24.8 Å². The average Bonchev–Trinajstić information content (AvgIpc) is 2.58. The first-order chi connectivity index (χ1) is 13.4. The largest absolute Gasteiger partial charge is 1.00 e. The molecule has 0 aliphatic carbocycles. The summed E-state index contributed by atoms with van der Waals surface area (Å²) in [6.45, 7) is 1.04. The Morgan fingerprint density at radius 3 is 2.47 bits per heavy atom. The Balaban J connectivity index is 0.00000450. The van der Waals surface area contributed by atoms with E-state index in [1.807, 2.05) is 14.1 Å². The summed E-state index contributed by atoms with van der Waals surface area (Å²) in [7, 11) is 3.71. The van der Waals surface area contributed by atoms with E-state index in [9.17, 15) is 18.0 Å². The van der Waals surface area contributed by atoms with E-state index < -0.39 is 11.4 Å². The van der Waals surface area contributed by atoms with E-state index in [1.165, 1.54) is 6.07 Å². The normalized spacial score (nSPS) is 11.7. The minimum absolute atomic E-state index is 0. The van der Waals surface area contributed by atoms with Crippen molar-refractivity contribution in [2.75, 3.05) is 38.7 Å². The van der Waals surface area contributed by atoms with Crippen LogP contribution in [-0.2, 0) is 6.54 Å². The number of nitrogen functional groups attached to an aromatic ring is 2. The van der Waals surface area contributed by atoms with Gasteiger partial charge in [-0.15, -0.1) is 0 Å². The van der Waals surface area contributed by atoms with Crippen molar-refractivity contribution in [1.82, 2.24) is 15.3 Å². The van der Waals surface area contributed by atoms with Gasteiger partial charge in [-0.25, -0.2) is 9.97 Å². The molecule has 0 saturated heterocycles. The molecule has 1 aromatic carbocycles. The van der Waals surface area contributed by atoms with Gasteiger partial charge in [0.1, 0.15) is 6.54 Å². The predicted molar refractivity (Wildman–Crippen MR) is 107 cm³/mol. The summed E-state index contributed by atoms with van der Waals surface area (Å²) >= 11 is 5.63. The van der Waals surface area contributed by atoms with Crippen LogP contribution in [-0.4, -0.2) is 53.1 Å². The van der Waals surface area contributed by atoms with Crippen LogP contribution < -0.4 is 33.8 Å². The van der Waals surface area contributed by atoms with Crippen molar-refractivity contribution in [3.8, 4) is 0 Å². The zero-order valence-corrected chi connectivity index (χ0v) is 19.3. The van der Waals surface area contributed by atoms with E-state index in [0.29, 0.717) is 23.1 Å². The molecular formula is C17H21BrClF3N6OS. The van der Waals surface area contributed by atoms with Crippen molar-refractivity contribution in [1.29, 1.82) is 0 Å². The van der Waals surface area contributed by atoms with Gasteiger partial charge >= 0.3 is 5.51 Å². The van der Waals surface area contributed by atoms with Crippen molar-refractivity contribution in [2.24, 2.45) is 0 Å². The number of nitrogens with zero attached hydrogens (tertiary/aromatic N) is 3. The van der Waals surface area contributed by atoms with Gasteiger partial charge in [-0.05, 0) is 17.8 Å². The van der Waals surface area contributed by atoms with Crippen molar-refractivity contribution < 1.29 is 39.4 Å². The van der Waals surface area contributed by atoms with Crippen LogP contribution in [0, 0.1) is 0 Å². The smallest absolute Gasteiger partial charge is 0.446 e. The predicted octanol–water partition coefficient (Wildman–Crippen LogP) is -0.0833. The topological polar surface area (TPSA) is 107 Å². The Bertz CT molecular complexity index is 900. The lowest BCUT2D eigenvalue weighted by Crippen LogP contribution is -3.00. The Morgan fingerprint density at radius 1 is 1.20 bits per heavy atom. The van der Waals surface area contributed by atoms with Gasteiger partial charge in [0.2, 0.25) is 0 Å². The minimum atomic E-state index is -4.36. The van der Waals surface area contributed by atoms with Crippen molar-refractivity contribution in [2.45, 2.75) is 16.9 Å². The first-order valence-electron chi connectivity index (χ1n) is 8.40. The standard InChI is InChI=1S/C17H20ClF3N6OS.BrH/c1-27(2,9-10-5-3-4-6-11(10)29-17(19,20)21)8-7-24-16(28)12-14(22)26-15(23)13(18)25-12;/h3-6H,7-9H2,1-2H3,(H4-,22,23,24,26,28);1H. The molecule has 13 heteroatoms. The zero-order valence-electron chi connectivity index (χ0n) is 16.1. The number of nitrogens with two attached hydrogens (primary N) is 2. The minimum Gasteiger partial charge on any atom is -1.00 e. The number of quaternary nitrogens is 1. The highest BCUT2D eigenvalue weighted by molar-refractivity contribution is 8.00. The number of thioether (sulfide) groups is 1. The third-order valence-electron chi connectivity index (χ3n) is 3.92. The Morgan fingerprint density at radius 2 is 1.83 bits per heavy atom. The molecule has 0 atom stereocenters.